The molecule has 0 aromatic heterocycles. The molecule has 8 nitrogen and oxygen atoms in total. The summed E-state index contributed by atoms with van der Waals surface area (Å²) < 4.78 is 21.3. The molecule has 0 spiro atoms. The molecule has 32 heavy (non-hydrogen) atoms. The van der Waals surface area contributed by atoms with E-state index in [0.717, 1.165) is 25.7 Å². The van der Waals surface area contributed by atoms with Crippen LogP contribution in [0, 0.1) is 5.92 Å². The van der Waals surface area contributed by atoms with Crippen molar-refractivity contribution in [3.05, 3.63) is 47.5 Å². The minimum atomic E-state index is -0.564. The third-order valence-corrected chi connectivity index (χ3v) is 5.37. The van der Waals surface area contributed by atoms with Crippen LogP contribution < -0.4 is 24.4 Å². The number of nitrogens with one attached hydrogen (secondary N) is 1. The standard InChI is InChI=1S/C24H28N2O6/c1-29-19-12-10-18(14-22(19)31-3)24(28)32-20-11-9-16(13-21(20)30-2)15-25-26-23(27)17-7-5-4-6-8-17/h9-15,17H,4-8H2,1-3H3,(H,26,27)/b25-15+. The van der Waals surface area contributed by atoms with Crippen LogP contribution in [0.2, 0.25) is 0 Å². The Hall–Kier alpha value is -3.55. The van der Waals surface area contributed by atoms with Crippen molar-refractivity contribution in [2.75, 3.05) is 21.3 Å². The van der Waals surface area contributed by atoms with Gasteiger partial charge >= 0.3 is 5.97 Å². The Morgan fingerprint density at radius 3 is 2.22 bits per heavy atom. The lowest BCUT2D eigenvalue weighted by molar-refractivity contribution is -0.125. The molecule has 8 heteroatoms. The first kappa shape index (κ1) is 23.1. The molecule has 1 amide bonds. The lowest BCUT2D eigenvalue weighted by atomic mass is 9.89. The van der Waals surface area contributed by atoms with E-state index < -0.39 is 5.97 Å². The summed E-state index contributed by atoms with van der Waals surface area (Å²) in [7, 11) is 4.50. The molecule has 0 saturated heterocycles. The third-order valence-electron chi connectivity index (χ3n) is 5.37. The Balaban J connectivity index is 1.66. The van der Waals surface area contributed by atoms with E-state index in [1.165, 1.54) is 34.0 Å². The van der Waals surface area contributed by atoms with E-state index in [0.29, 0.717) is 28.4 Å². The van der Waals surface area contributed by atoms with Crippen molar-refractivity contribution in [1.82, 2.24) is 5.43 Å². The highest BCUT2D eigenvalue weighted by Gasteiger charge is 2.20. The molecule has 1 saturated carbocycles. The van der Waals surface area contributed by atoms with Crippen LogP contribution in [0.15, 0.2) is 41.5 Å². The average Bonchev–Trinajstić information content (AvgIpc) is 2.84. The minimum Gasteiger partial charge on any atom is -0.493 e. The highest BCUT2D eigenvalue weighted by molar-refractivity contribution is 5.92. The molecule has 0 radical (unpaired) electrons. The van der Waals surface area contributed by atoms with Gasteiger partial charge < -0.3 is 18.9 Å². The van der Waals surface area contributed by atoms with Gasteiger partial charge in [0.15, 0.2) is 23.0 Å². The molecule has 0 aliphatic heterocycles. The fourth-order valence-electron chi connectivity index (χ4n) is 3.60. The van der Waals surface area contributed by atoms with Crippen LogP contribution in [0.4, 0.5) is 0 Å². The Morgan fingerprint density at radius 2 is 1.53 bits per heavy atom. The number of esters is 1. The number of hydrogen-bond acceptors (Lipinski definition) is 7. The van der Waals surface area contributed by atoms with Gasteiger partial charge in [0.2, 0.25) is 5.91 Å². The van der Waals surface area contributed by atoms with E-state index in [9.17, 15) is 9.59 Å². The second-order valence-electron chi connectivity index (χ2n) is 7.44. The fraction of sp³-hybridized carbons (Fsp3) is 0.375. The Kier molecular flexibility index (Phi) is 8.08. The van der Waals surface area contributed by atoms with Crippen molar-refractivity contribution in [3.63, 3.8) is 0 Å². The summed E-state index contributed by atoms with van der Waals surface area (Å²) >= 11 is 0. The number of ether oxygens (including phenoxy) is 4. The van der Waals surface area contributed by atoms with Gasteiger partial charge in [0.05, 0.1) is 33.1 Å². The molecule has 3 rings (SSSR count). The molecule has 0 atom stereocenters. The summed E-state index contributed by atoms with van der Waals surface area (Å²) in [5, 5.41) is 4.05. The normalized spacial score (nSPS) is 14.1. The maximum atomic E-state index is 12.6. The van der Waals surface area contributed by atoms with E-state index in [-0.39, 0.29) is 17.6 Å². The van der Waals surface area contributed by atoms with E-state index >= 15 is 0 Å². The molecule has 0 heterocycles. The fourth-order valence-corrected chi connectivity index (χ4v) is 3.60. The number of hydrogen-bond donors (Lipinski definition) is 1. The second kappa shape index (κ2) is 11.2. The van der Waals surface area contributed by atoms with Crippen LogP contribution in [0.5, 0.6) is 23.0 Å². The molecule has 1 aliphatic rings. The van der Waals surface area contributed by atoms with Gasteiger partial charge in [-0.2, -0.15) is 5.10 Å². The van der Waals surface area contributed by atoms with E-state index in [1.807, 2.05) is 0 Å². The lowest BCUT2D eigenvalue weighted by Gasteiger charge is -2.19. The molecule has 0 unspecified atom stereocenters. The highest BCUT2D eigenvalue weighted by Crippen LogP contribution is 2.31. The van der Waals surface area contributed by atoms with Crippen LogP contribution >= 0.6 is 0 Å². The Morgan fingerprint density at radius 1 is 0.875 bits per heavy atom. The number of amides is 1. The van der Waals surface area contributed by atoms with Crippen molar-refractivity contribution < 1.29 is 28.5 Å². The van der Waals surface area contributed by atoms with Crippen molar-refractivity contribution >= 4 is 18.1 Å². The topological polar surface area (TPSA) is 95.5 Å². The summed E-state index contributed by atoms with van der Waals surface area (Å²) in [6, 6.07) is 9.77. The quantitative estimate of drug-likeness (QED) is 0.289. The molecule has 2 aromatic rings. The van der Waals surface area contributed by atoms with Crippen molar-refractivity contribution in [1.29, 1.82) is 0 Å². The van der Waals surface area contributed by atoms with Gasteiger partial charge in [0.1, 0.15) is 0 Å². The first-order valence-electron chi connectivity index (χ1n) is 10.5. The van der Waals surface area contributed by atoms with Crippen LogP contribution in [0.3, 0.4) is 0 Å². The number of carbonyl (C=O) groups is 2. The number of carbonyl (C=O) groups excluding carboxylic acids is 2. The zero-order valence-corrected chi connectivity index (χ0v) is 18.6. The smallest absolute Gasteiger partial charge is 0.343 e. The van der Waals surface area contributed by atoms with Gasteiger partial charge in [-0.15, -0.1) is 0 Å². The Bertz CT molecular complexity index is 982. The molecular formula is C24H28N2O6. The Labute approximate surface area is 187 Å². The molecule has 1 N–H and O–H groups in total. The summed E-state index contributed by atoms with van der Waals surface area (Å²) in [5.74, 6) is 0.987. The monoisotopic (exact) mass is 440 g/mol. The predicted octanol–water partition coefficient (Wildman–Crippen LogP) is 3.96. The molecule has 170 valence electrons. The van der Waals surface area contributed by atoms with Crippen molar-refractivity contribution in [3.8, 4) is 23.0 Å². The van der Waals surface area contributed by atoms with Gasteiger partial charge in [0, 0.05) is 5.92 Å². The molecule has 1 aliphatic carbocycles. The number of nitrogens with zero attached hydrogens (tertiary/aromatic N) is 1. The molecule has 2 aromatic carbocycles. The summed E-state index contributed by atoms with van der Waals surface area (Å²) in [6.07, 6.45) is 6.72. The summed E-state index contributed by atoms with van der Waals surface area (Å²) in [5.41, 5.74) is 3.61. The molecule has 0 bridgehead atoms. The van der Waals surface area contributed by atoms with Gasteiger partial charge in [-0.05, 0) is 54.8 Å². The van der Waals surface area contributed by atoms with E-state index in [1.54, 1.807) is 36.4 Å². The number of rotatable bonds is 8. The number of methoxy groups -OCH3 is 3. The molecule has 1 fully saturated rings. The maximum Gasteiger partial charge on any atom is 0.343 e. The van der Waals surface area contributed by atoms with E-state index in [2.05, 4.69) is 10.5 Å². The number of hydrazone groups is 1. The maximum absolute atomic E-state index is 12.6. The summed E-state index contributed by atoms with van der Waals surface area (Å²) in [4.78, 5) is 24.8. The second-order valence-corrected chi connectivity index (χ2v) is 7.44. The SMILES string of the molecule is COc1ccc(C(=O)Oc2ccc(/C=N/NC(=O)C3CCCCC3)cc2OC)cc1OC. The lowest BCUT2D eigenvalue weighted by Crippen LogP contribution is -2.28. The van der Waals surface area contributed by atoms with Crippen molar-refractivity contribution in [2.24, 2.45) is 11.0 Å². The zero-order valence-electron chi connectivity index (χ0n) is 18.6. The van der Waals surface area contributed by atoms with Gasteiger partial charge in [-0.25, -0.2) is 10.2 Å². The first-order valence-corrected chi connectivity index (χ1v) is 10.5. The van der Waals surface area contributed by atoms with Gasteiger partial charge in [0.25, 0.3) is 0 Å². The highest BCUT2D eigenvalue weighted by atomic mass is 16.6. The van der Waals surface area contributed by atoms with Crippen molar-refractivity contribution in [2.45, 2.75) is 32.1 Å². The third kappa shape index (κ3) is 5.78. The van der Waals surface area contributed by atoms with Gasteiger partial charge in [-0.1, -0.05) is 19.3 Å². The van der Waals surface area contributed by atoms with Crippen LogP contribution in [0.1, 0.15) is 48.0 Å². The largest absolute Gasteiger partial charge is 0.493 e. The first-order chi connectivity index (χ1) is 15.5. The number of benzene rings is 2. The van der Waals surface area contributed by atoms with Crippen LogP contribution in [0.25, 0.3) is 0 Å². The van der Waals surface area contributed by atoms with Gasteiger partial charge in [-0.3, -0.25) is 4.79 Å². The molecular weight excluding hydrogens is 412 g/mol. The summed E-state index contributed by atoms with van der Waals surface area (Å²) in [6.45, 7) is 0. The van der Waals surface area contributed by atoms with Crippen LogP contribution in [-0.4, -0.2) is 39.4 Å². The van der Waals surface area contributed by atoms with Crippen LogP contribution in [-0.2, 0) is 4.79 Å². The van der Waals surface area contributed by atoms with E-state index in [4.69, 9.17) is 18.9 Å². The zero-order chi connectivity index (χ0) is 22.9. The average molecular weight is 440 g/mol. The predicted molar refractivity (Wildman–Crippen MR) is 120 cm³/mol. The minimum absolute atomic E-state index is 0.0359.